The van der Waals surface area contributed by atoms with Crippen LogP contribution in [0, 0.1) is 0 Å². The maximum absolute atomic E-state index is 5.14. The highest BCUT2D eigenvalue weighted by molar-refractivity contribution is 6.09. The third-order valence-electron chi connectivity index (χ3n) is 11.7. The molecule has 294 valence electrons. The molecule has 0 atom stereocenters. The number of pyridine rings is 3. The second-order valence-corrected chi connectivity index (χ2v) is 15.6. The van der Waals surface area contributed by atoms with Gasteiger partial charge >= 0.3 is 0 Å². The molecule has 0 unspecified atom stereocenters. The van der Waals surface area contributed by atoms with E-state index in [1.807, 2.05) is 54.6 Å². The van der Waals surface area contributed by atoms with E-state index in [2.05, 4.69) is 161 Å². The monoisotopic (exact) mass is 805 g/mol. The molecule has 0 saturated heterocycles. The normalized spacial score (nSPS) is 11.5. The lowest BCUT2D eigenvalue weighted by Crippen LogP contribution is -2.00. The van der Waals surface area contributed by atoms with Crippen molar-refractivity contribution in [3.05, 3.63) is 212 Å². The largest absolute Gasteiger partial charge is 0.309 e. The molecule has 0 spiro atoms. The minimum absolute atomic E-state index is 0.610. The van der Waals surface area contributed by atoms with Gasteiger partial charge in [0.05, 0.1) is 39.1 Å². The second kappa shape index (κ2) is 15.1. The fourth-order valence-corrected chi connectivity index (χ4v) is 8.51. The average Bonchev–Trinajstić information content (AvgIpc) is 3.70. The van der Waals surface area contributed by atoms with E-state index in [9.17, 15) is 0 Å². The highest BCUT2D eigenvalue weighted by Gasteiger charge is 2.16. The first-order chi connectivity index (χ1) is 31.2. The van der Waals surface area contributed by atoms with Crippen LogP contribution in [0.3, 0.4) is 0 Å². The zero-order chi connectivity index (χ0) is 41.7. The number of aromatic nitrogens is 7. The van der Waals surface area contributed by atoms with Crippen molar-refractivity contribution in [2.45, 2.75) is 0 Å². The van der Waals surface area contributed by atoms with Gasteiger partial charge in [-0.15, -0.1) is 0 Å². The van der Waals surface area contributed by atoms with Gasteiger partial charge < -0.3 is 4.57 Å². The van der Waals surface area contributed by atoms with E-state index in [4.69, 9.17) is 24.9 Å². The van der Waals surface area contributed by atoms with Crippen molar-refractivity contribution in [3.63, 3.8) is 0 Å². The van der Waals surface area contributed by atoms with Crippen LogP contribution in [0.4, 0.5) is 0 Å². The summed E-state index contributed by atoms with van der Waals surface area (Å²) in [5.41, 5.74) is 13.7. The molecule has 0 radical (unpaired) electrons. The van der Waals surface area contributed by atoms with Crippen molar-refractivity contribution in [1.29, 1.82) is 0 Å². The van der Waals surface area contributed by atoms with E-state index >= 15 is 0 Å². The summed E-state index contributed by atoms with van der Waals surface area (Å²) in [6.07, 6.45) is 1.79. The predicted octanol–water partition coefficient (Wildman–Crippen LogP) is 13.5. The molecule has 0 aliphatic rings. The molecule has 12 rings (SSSR count). The van der Waals surface area contributed by atoms with Gasteiger partial charge in [0, 0.05) is 55.7 Å². The van der Waals surface area contributed by atoms with Gasteiger partial charge in [0.15, 0.2) is 17.5 Å². The maximum Gasteiger partial charge on any atom is 0.164 e. The fourth-order valence-electron chi connectivity index (χ4n) is 8.51. The maximum atomic E-state index is 5.14. The molecule has 7 aromatic carbocycles. The molecule has 12 aromatic rings. The second-order valence-electron chi connectivity index (χ2n) is 15.6. The number of hydrogen-bond donors (Lipinski definition) is 0. The van der Waals surface area contributed by atoms with Crippen LogP contribution in [-0.2, 0) is 0 Å². The number of benzene rings is 7. The van der Waals surface area contributed by atoms with Crippen molar-refractivity contribution < 1.29 is 0 Å². The third kappa shape index (κ3) is 6.65. The molecular formula is C56H35N7. The zero-order valence-corrected chi connectivity index (χ0v) is 33.8. The van der Waals surface area contributed by atoms with Crippen LogP contribution in [0.15, 0.2) is 212 Å². The summed E-state index contributed by atoms with van der Waals surface area (Å²) in [5, 5.41) is 4.61. The molecule has 63 heavy (non-hydrogen) atoms. The Kier molecular flexibility index (Phi) is 8.67. The van der Waals surface area contributed by atoms with Crippen LogP contribution >= 0.6 is 0 Å². The molecule has 7 nitrogen and oxygen atoms in total. The van der Waals surface area contributed by atoms with Crippen LogP contribution in [0.5, 0.6) is 0 Å². The molecule has 5 aromatic heterocycles. The van der Waals surface area contributed by atoms with Gasteiger partial charge in [-0.2, -0.15) is 0 Å². The molecule has 7 heteroatoms. The van der Waals surface area contributed by atoms with E-state index in [0.717, 1.165) is 78.0 Å². The van der Waals surface area contributed by atoms with Crippen LogP contribution in [0.1, 0.15) is 0 Å². The van der Waals surface area contributed by atoms with E-state index in [-0.39, 0.29) is 0 Å². The van der Waals surface area contributed by atoms with Crippen molar-refractivity contribution >= 4 is 43.6 Å². The first kappa shape index (κ1) is 36.2. The van der Waals surface area contributed by atoms with Crippen molar-refractivity contribution in [1.82, 2.24) is 34.5 Å². The van der Waals surface area contributed by atoms with E-state index in [1.54, 1.807) is 6.20 Å². The van der Waals surface area contributed by atoms with Crippen LogP contribution in [0.25, 0.3) is 117 Å². The standard InChI is InChI=1S/C56H35N7/c1-2-10-39(11-3-1)54-60-55(62-56(61-54)41-25-29-44(30-26-41)63-52-15-6-4-12-45(52)46-13-5-7-16-53(46)63)40-21-17-36(18-22-40)42-23-19-37-27-31-47(58-50(37)34-42)43-24-20-38-28-32-49(59-51(38)35-43)48-14-8-9-33-57-48/h1-35H. The Morgan fingerprint density at radius 3 is 1.41 bits per heavy atom. The lowest BCUT2D eigenvalue weighted by Gasteiger charge is -2.11. The Morgan fingerprint density at radius 2 is 0.778 bits per heavy atom. The quantitative estimate of drug-likeness (QED) is 0.160. The van der Waals surface area contributed by atoms with Crippen LogP contribution in [-0.4, -0.2) is 34.5 Å². The number of rotatable bonds is 7. The Bertz CT molecular complexity index is 3610. The fraction of sp³-hybridized carbons (Fsp3) is 0. The van der Waals surface area contributed by atoms with Crippen molar-refractivity contribution in [2.24, 2.45) is 0 Å². The number of nitrogens with zero attached hydrogens (tertiary/aromatic N) is 7. The van der Waals surface area contributed by atoms with Gasteiger partial charge in [0.2, 0.25) is 0 Å². The Balaban J connectivity index is 0.866. The Morgan fingerprint density at radius 1 is 0.302 bits per heavy atom. The summed E-state index contributed by atoms with van der Waals surface area (Å²) in [7, 11) is 0. The third-order valence-corrected chi connectivity index (χ3v) is 11.7. The summed E-state index contributed by atoms with van der Waals surface area (Å²) in [4.78, 5) is 29.6. The summed E-state index contributed by atoms with van der Waals surface area (Å²) in [5.74, 6) is 1.85. The topological polar surface area (TPSA) is 82.3 Å². The van der Waals surface area contributed by atoms with Crippen molar-refractivity contribution in [3.8, 4) is 73.6 Å². The van der Waals surface area contributed by atoms with E-state index < -0.39 is 0 Å². The number of para-hydroxylation sites is 2. The lowest BCUT2D eigenvalue weighted by molar-refractivity contribution is 1.07. The van der Waals surface area contributed by atoms with Crippen molar-refractivity contribution in [2.75, 3.05) is 0 Å². The van der Waals surface area contributed by atoms with E-state index in [1.165, 1.54) is 21.8 Å². The van der Waals surface area contributed by atoms with Crippen LogP contribution < -0.4 is 0 Å². The summed E-state index contributed by atoms with van der Waals surface area (Å²) in [6, 6.07) is 71.1. The summed E-state index contributed by atoms with van der Waals surface area (Å²) < 4.78 is 2.32. The molecular weight excluding hydrogens is 771 g/mol. The highest BCUT2D eigenvalue weighted by Crippen LogP contribution is 2.34. The van der Waals surface area contributed by atoms with Gasteiger partial charge in [-0.3, -0.25) is 4.98 Å². The van der Waals surface area contributed by atoms with Gasteiger partial charge in [0.1, 0.15) is 0 Å². The SMILES string of the molecule is c1ccc(-c2nc(-c3ccc(-c4ccc5ccc(-c6ccc7ccc(-c8ccccn8)nc7c6)nc5c4)cc3)nc(-c3ccc(-n4c5ccccc5c5ccccc54)cc3)n2)cc1. The minimum Gasteiger partial charge on any atom is -0.309 e. The van der Waals surface area contributed by atoms with Gasteiger partial charge in [-0.05, 0) is 83.9 Å². The first-order valence-corrected chi connectivity index (χ1v) is 20.9. The van der Waals surface area contributed by atoms with E-state index in [0.29, 0.717) is 17.5 Å². The highest BCUT2D eigenvalue weighted by atomic mass is 15.0. The number of fused-ring (bicyclic) bond motifs is 5. The first-order valence-electron chi connectivity index (χ1n) is 20.9. The lowest BCUT2D eigenvalue weighted by atomic mass is 10.0. The summed E-state index contributed by atoms with van der Waals surface area (Å²) in [6.45, 7) is 0. The number of hydrogen-bond acceptors (Lipinski definition) is 6. The molecule has 0 N–H and O–H groups in total. The smallest absolute Gasteiger partial charge is 0.164 e. The molecule has 5 heterocycles. The van der Waals surface area contributed by atoms with Gasteiger partial charge in [-0.1, -0.05) is 133 Å². The molecule has 0 aliphatic carbocycles. The predicted molar refractivity (Wildman–Crippen MR) is 255 cm³/mol. The van der Waals surface area contributed by atoms with Gasteiger partial charge in [-0.25, -0.2) is 24.9 Å². The Hall–Kier alpha value is -8.68. The van der Waals surface area contributed by atoms with Gasteiger partial charge in [0.25, 0.3) is 0 Å². The molecule has 0 saturated carbocycles. The molecule has 0 fully saturated rings. The average molecular weight is 806 g/mol. The van der Waals surface area contributed by atoms with Crippen LogP contribution in [0.2, 0.25) is 0 Å². The molecule has 0 amide bonds. The minimum atomic E-state index is 0.610. The summed E-state index contributed by atoms with van der Waals surface area (Å²) >= 11 is 0. The molecule has 0 bridgehead atoms. The zero-order valence-electron chi connectivity index (χ0n) is 33.8. The Labute approximate surface area is 362 Å². The molecule has 0 aliphatic heterocycles.